The van der Waals surface area contributed by atoms with Crippen molar-refractivity contribution in [3.05, 3.63) is 24.2 Å². The fourth-order valence-electron chi connectivity index (χ4n) is 2.88. The summed E-state index contributed by atoms with van der Waals surface area (Å²) in [5.41, 5.74) is 0. The van der Waals surface area contributed by atoms with Gasteiger partial charge in [0.1, 0.15) is 5.76 Å². The van der Waals surface area contributed by atoms with E-state index in [1.54, 1.807) is 6.26 Å². The minimum absolute atomic E-state index is 0. The van der Waals surface area contributed by atoms with Crippen molar-refractivity contribution in [1.29, 1.82) is 0 Å². The van der Waals surface area contributed by atoms with Gasteiger partial charge in [0.15, 0.2) is 5.96 Å². The molecule has 0 radical (unpaired) electrons. The number of hydrogen-bond donors (Lipinski definition) is 1. The van der Waals surface area contributed by atoms with Gasteiger partial charge in [0.2, 0.25) is 5.91 Å². The Labute approximate surface area is 167 Å². The molecule has 0 unspecified atom stereocenters. The number of carbonyl (C=O) groups is 1. The Bertz CT molecular complexity index is 562. The Balaban J connectivity index is 0.00000225. The van der Waals surface area contributed by atoms with Crippen molar-refractivity contribution in [2.75, 3.05) is 32.7 Å². The van der Waals surface area contributed by atoms with E-state index in [0.29, 0.717) is 12.6 Å². The molecule has 3 rings (SSSR count). The largest absolute Gasteiger partial charge is 0.469 e. The van der Waals surface area contributed by atoms with Gasteiger partial charge in [-0.1, -0.05) is 13.8 Å². The van der Waals surface area contributed by atoms with Crippen LogP contribution in [0.2, 0.25) is 0 Å². The lowest BCUT2D eigenvalue weighted by molar-refractivity contribution is -0.135. The fourth-order valence-corrected chi connectivity index (χ4v) is 2.88. The number of amides is 1. The standard InChI is InChI=1S/C18H28N4O2.HI/c1-14(2)17(23)21-9-11-22(12-10-21)18(20-15-5-6-15)19-8-7-16-4-3-13-24-16;/h3-4,13-15H,5-12H2,1-2H3,(H,19,20);1H. The van der Waals surface area contributed by atoms with Crippen LogP contribution in [0.5, 0.6) is 0 Å². The van der Waals surface area contributed by atoms with Crippen LogP contribution in [0.15, 0.2) is 27.8 Å². The molecule has 25 heavy (non-hydrogen) atoms. The SMILES string of the molecule is CC(C)C(=O)N1CCN(C(=NCCc2ccco2)NC2CC2)CC1.I. The molecule has 1 aromatic rings. The van der Waals surface area contributed by atoms with E-state index in [-0.39, 0.29) is 35.8 Å². The molecule has 0 aromatic carbocycles. The molecule has 140 valence electrons. The van der Waals surface area contributed by atoms with Crippen LogP contribution in [0.4, 0.5) is 0 Å². The third-order valence-electron chi connectivity index (χ3n) is 4.50. The van der Waals surface area contributed by atoms with E-state index in [1.165, 1.54) is 12.8 Å². The first-order valence-corrected chi connectivity index (χ1v) is 9.00. The predicted molar refractivity (Wildman–Crippen MR) is 109 cm³/mol. The highest BCUT2D eigenvalue weighted by atomic mass is 127. The van der Waals surface area contributed by atoms with E-state index in [0.717, 1.165) is 44.3 Å². The van der Waals surface area contributed by atoms with Gasteiger partial charge in [-0.25, -0.2) is 0 Å². The van der Waals surface area contributed by atoms with Gasteiger partial charge in [-0.05, 0) is 25.0 Å². The quantitative estimate of drug-likeness (QED) is 0.417. The zero-order valence-electron chi connectivity index (χ0n) is 15.1. The maximum atomic E-state index is 12.1. The minimum atomic E-state index is 0. The number of aliphatic imine (C=N–C) groups is 1. The van der Waals surface area contributed by atoms with Crippen LogP contribution in [-0.4, -0.2) is 60.4 Å². The van der Waals surface area contributed by atoms with Crippen LogP contribution in [0.1, 0.15) is 32.4 Å². The summed E-state index contributed by atoms with van der Waals surface area (Å²) in [6, 6.07) is 4.47. The summed E-state index contributed by atoms with van der Waals surface area (Å²) in [6.45, 7) is 7.89. The summed E-state index contributed by atoms with van der Waals surface area (Å²) >= 11 is 0. The average molecular weight is 460 g/mol. The van der Waals surface area contributed by atoms with Gasteiger partial charge < -0.3 is 19.5 Å². The van der Waals surface area contributed by atoms with Gasteiger partial charge >= 0.3 is 0 Å². The monoisotopic (exact) mass is 460 g/mol. The molecule has 2 aliphatic rings. The summed E-state index contributed by atoms with van der Waals surface area (Å²) in [5.74, 6) is 2.28. The van der Waals surface area contributed by atoms with Crippen LogP contribution in [0.3, 0.4) is 0 Å². The van der Waals surface area contributed by atoms with E-state index < -0.39 is 0 Å². The Hall–Kier alpha value is -1.25. The zero-order chi connectivity index (χ0) is 16.9. The Morgan fingerprint density at radius 2 is 1.96 bits per heavy atom. The van der Waals surface area contributed by atoms with Crippen molar-refractivity contribution in [2.45, 2.75) is 39.2 Å². The van der Waals surface area contributed by atoms with Crippen LogP contribution in [0, 0.1) is 5.92 Å². The van der Waals surface area contributed by atoms with Gasteiger partial charge in [0.05, 0.1) is 6.26 Å². The third kappa shape index (κ3) is 5.90. The first-order valence-electron chi connectivity index (χ1n) is 9.00. The number of halogens is 1. The molecule has 2 heterocycles. The van der Waals surface area contributed by atoms with Crippen molar-refractivity contribution >= 4 is 35.8 Å². The lowest BCUT2D eigenvalue weighted by Crippen LogP contribution is -2.54. The molecule has 1 N–H and O–H groups in total. The molecule has 1 aliphatic carbocycles. The topological polar surface area (TPSA) is 61.1 Å². The second-order valence-corrected chi connectivity index (χ2v) is 6.92. The molecule has 6 nitrogen and oxygen atoms in total. The first kappa shape index (κ1) is 20.1. The van der Waals surface area contributed by atoms with Crippen LogP contribution in [0.25, 0.3) is 0 Å². The van der Waals surface area contributed by atoms with Crippen LogP contribution >= 0.6 is 24.0 Å². The number of guanidine groups is 1. The second kappa shape index (κ2) is 9.45. The van der Waals surface area contributed by atoms with E-state index in [9.17, 15) is 4.79 Å². The number of carbonyl (C=O) groups excluding carboxylic acids is 1. The zero-order valence-corrected chi connectivity index (χ0v) is 17.4. The first-order chi connectivity index (χ1) is 11.6. The van der Waals surface area contributed by atoms with Crippen molar-refractivity contribution in [1.82, 2.24) is 15.1 Å². The molecule has 7 heteroatoms. The van der Waals surface area contributed by atoms with Gasteiger partial charge in [0, 0.05) is 51.1 Å². The van der Waals surface area contributed by atoms with E-state index >= 15 is 0 Å². The molecule has 1 saturated heterocycles. The summed E-state index contributed by atoms with van der Waals surface area (Å²) in [7, 11) is 0. The molecule has 1 aliphatic heterocycles. The molecule has 1 amide bonds. The Morgan fingerprint density at radius 1 is 1.28 bits per heavy atom. The van der Waals surface area contributed by atoms with Crippen molar-refractivity contribution < 1.29 is 9.21 Å². The van der Waals surface area contributed by atoms with Gasteiger partial charge in [0.25, 0.3) is 0 Å². The van der Waals surface area contributed by atoms with Crippen molar-refractivity contribution in [3.8, 4) is 0 Å². The van der Waals surface area contributed by atoms with Crippen molar-refractivity contribution in [3.63, 3.8) is 0 Å². The Kier molecular flexibility index (Phi) is 7.58. The lowest BCUT2D eigenvalue weighted by Gasteiger charge is -2.37. The van der Waals surface area contributed by atoms with E-state index in [2.05, 4.69) is 10.2 Å². The van der Waals surface area contributed by atoms with Crippen molar-refractivity contribution in [2.24, 2.45) is 10.9 Å². The van der Waals surface area contributed by atoms with Crippen LogP contribution < -0.4 is 5.32 Å². The number of piperazine rings is 1. The normalized spacial score (nSPS) is 18.3. The van der Waals surface area contributed by atoms with E-state index in [1.807, 2.05) is 30.9 Å². The molecular formula is C18H29IN4O2. The highest BCUT2D eigenvalue weighted by Gasteiger charge is 2.28. The molecule has 2 fully saturated rings. The average Bonchev–Trinajstić information content (AvgIpc) is 3.26. The maximum absolute atomic E-state index is 12.1. The number of nitrogens with one attached hydrogen (secondary N) is 1. The number of nitrogens with zero attached hydrogens (tertiary/aromatic N) is 3. The highest BCUT2D eigenvalue weighted by molar-refractivity contribution is 14.0. The number of rotatable bonds is 5. The Morgan fingerprint density at radius 3 is 2.52 bits per heavy atom. The summed E-state index contributed by atoms with van der Waals surface area (Å²) in [6.07, 6.45) is 4.97. The van der Waals surface area contributed by atoms with E-state index in [4.69, 9.17) is 9.41 Å². The summed E-state index contributed by atoms with van der Waals surface area (Å²) < 4.78 is 5.37. The van der Waals surface area contributed by atoms with Gasteiger partial charge in [-0.3, -0.25) is 9.79 Å². The number of furan rings is 1. The molecule has 1 aromatic heterocycles. The molecule has 0 atom stereocenters. The summed E-state index contributed by atoms with van der Waals surface area (Å²) in [5, 5.41) is 3.55. The number of hydrogen-bond acceptors (Lipinski definition) is 3. The molecule has 1 saturated carbocycles. The smallest absolute Gasteiger partial charge is 0.225 e. The highest BCUT2D eigenvalue weighted by Crippen LogP contribution is 2.19. The molecule has 0 bridgehead atoms. The third-order valence-corrected chi connectivity index (χ3v) is 4.50. The summed E-state index contributed by atoms with van der Waals surface area (Å²) in [4.78, 5) is 21.1. The van der Waals surface area contributed by atoms with Crippen LogP contribution in [-0.2, 0) is 11.2 Å². The van der Waals surface area contributed by atoms with Gasteiger partial charge in [-0.2, -0.15) is 0 Å². The predicted octanol–water partition coefficient (Wildman–Crippen LogP) is 2.35. The minimum Gasteiger partial charge on any atom is -0.469 e. The maximum Gasteiger partial charge on any atom is 0.225 e. The molecular weight excluding hydrogens is 431 g/mol. The van der Waals surface area contributed by atoms with Gasteiger partial charge in [-0.15, -0.1) is 24.0 Å². The second-order valence-electron chi connectivity index (χ2n) is 6.92. The fraction of sp³-hybridized carbons (Fsp3) is 0.667. The lowest BCUT2D eigenvalue weighted by atomic mass is 10.1. The molecule has 0 spiro atoms.